The average Bonchev–Trinajstić information content (AvgIpc) is 2.81. The second-order valence-electron chi connectivity index (χ2n) is 4.84. The van der Waals surface area contributed by atoms with Crippen molar-refractivity contribution in [1.82, 2.24) is 9.97 Å². The molecule has 106 valence electrons. The Labute approximate surface area is 128 Å². The molecule has 0 radical (unpaired) electrons. The van der Waals surface area contributed by atoms with Crippen LogP contribution in [0.15, 0.2) is 39.6 Å². The Bertz CT molecular complexity index is 924. The molecule has 6 heteroatoms. The molecule has 0 aliphatic carbocycles. The highest BCUT2D eigenvalue weighted by atomic mass is 79.9. The summed E-state index contributed by atoms with van der Waals surface area (Å²) in [5, 5.41) is 0. The minimum atomic E-state index is -0.294. The van der Waals surface area contributed by atoms with Crippen molar-refractivity contribution in [1.29, 1.82) is 0 Å². The summed E-state index contributed by atoms with van der Waals surface area (Å²) >= 11 is 3.35. The number of benzene rings is 2. The summed E-state index contributed by atoms with van der Waals surface area (Å²) < 4.78 is 0.755. The molecule has 5 nitrogen and oxygen atoms in total. The topological polar surface area (TPSA) is 91.7 Å². The van der Waals surface area contributed by atoms with Gasteiger partial charge in [-0.25, -0.2) is 4.79 Å². The number of H-pyrrole nitrogens is 2. The monoisotopic (exact) mass is 345 g/mol. The smallest absolute Gasteiger partial charge is 0.323 e. The molecule has 0 spiro atoms. The summed E-state index contributed by atoms with van der Waals surface area (Å²) in [5.41, 5.74) is 9.21. The van der Waals surface area contributed by atoms with E-state index in [4.69, 9.17) is 5.73 Å². The van der Waals surface area contributed by atoms with Crippen LogP contribution in [0.25, 0.3) is 11.0 Å². The third kappa shape index (κ3) is 2.38. The molecule has 3 rings (SSSR count). The highest BCUT2D eigenvalue weighted by molar-refractivity contribution is 9.10. The lowest BCUT2D eigenvalue weighted by Crippen LogP contribution is -2.06. The number of aromatic nitrogens is 2. The van der Waals surface area contributed by atoms with Crippen molar-refractivity contribution < 1.29 is 4.79 Å². The summed E-state index contributed by atoms with van der Waals surface area (Å²) in [4.78, 5) is 29.2. The van der Waals surface area contributed by atoms with Crippen molar-refractivity contribution >= 4 is 38.4 Å². The predicted octanol–water partition coefficient (Wildman–Crippen LogP) is 2.74. The van der Waals surface area contributed by atoms with Crippen LogP contribution in [-0.2, 0) is 0 Å². The second-order valence-corrected chi connectivity index (χ2v) is 5.75. The number of anilines is 1. The van der Waals surface area contributed by atoms with Crippen LogP contribution in [0.5, 0.6) is 0 Å². The van der Waals surface area contributed by atoms with Gasteiger partial charge in [0, 0.05) is 21.3 Å². The Morgan fingerprint density at radius 2 is 1.86 bits per heavy atom. The zero-order valence-corrected chi connectivity index (χ0v) is 12.7. The zero-order chi connectivity index (χ0) is 15.1. The number of hydrogen-bond donors (Lipinski definition) is 3. The van der Waals surface area contributed by atoms with E-state index in [-0.39, 0.29) is 11.5 Å². The van der Waals surface area contributed by atoms with Gasteiger partial charge in [0.1, 0.15) is 0 Å². The van der Waals surface area contributed by atoms with Gasteiger partial charge in [-0.15, -0.1) is 0 Å². The zero-order valence-electron chi connectivity index (χ0n) is 11.2. The number of nitrogen functional groups attached to an aromatic ring is 1. The fourth-order valence-corrected chi connectivity index (χ4v) is 2.74. The fraction of sp³-hybridized carbons (Fsp3) is 0.0667. The lowest BCUT2D eigenvalue weighted by molar-refractivity contribution is 0.103. The van der Waals surface area contributed by atoms with Crippen molar-refractivity contribution in [3.63, 3.8) is 0 Å². The van der Waals surface area contributed by atoms with Crippen LogP contribution in [0.3, 0.4) is 0 Å². The van der Waals surface area contributed by atoms with Gasteiger partial charge in [0.2, 0.25) is 0 Å². The number of fused-ring (bicyclic) bond motifs is 1. The minimum absolute atomic E-state index is 0.135. The van der Waals surface area contributed by atoms with Crippen molar-refractivity contribution in [2.45, 2.75) is 6.92 Å². The van der Waals surface area contributed by atoms with Gasteiger partial charge in [-0.2, -0.15) is 0 Å². The van der Waals surface area contributed by atoms with Crippen molar-refractivity contribution in [3.05, 3.63) is 62.0 Å². The molecule has 21 heavy (non-hydrogen) atoms. The molecule has 0 aliphatic heterocycles. The maximum atomic E-state index is 12.6. The van der Waals surface area contributed by atoms with E-state index in [0.29, 0.717) is 27.8 Å². The van der Waals surface area contributed by atoms with Gasteiger partial charge in [-0.05, 0) is 42.8 Å². The molecule has 0 fully saturated rings. The SMILES string of the molecule is Cc1c(N)cc(Br)cc1C(=O)c1ccc2[nH]c(=O)[nH]c2c1. The largest absolute Gasteiger partial charge is 0.398 e. The summed E-state index contributed by atoms with van der Waals surface area (Å²) in [5.74, 6) is -0.135. The first-order valence-electron chi connectivity index (χ1n) is 6.28. The van der Waals surface area contributed by atoms with Gasteiger partial charge in [-0.3, -0.25) is 4.79 Å². The first kappa shape index (κ1) is 13.6. The number of hydrogen-bond acceptors (Lipinski definition) is 3. The number of aromatic amines is 2. The van der Waals surface area contributed by atoms with E-state index in [2.05, 4.69) is 25.9 Å². The Kier molecular flexibility index (Phi) is 3.17. The highest BCUT2D eigenvalue weighted by Crippen LogP contribution is 2.25. The van der Waals surface area contributed by atoms with E-state index < -0.39 is 0 Å². The highest BCUT2D eigenvalue weighted by Gasteiger charge is 2.15. The number of carbonyl (C=O) groups excluding carboxylic acids is 1. The molecule has 0 amide bonds. The van der Waals surface area contributed by atoms with E-state index in [1.807, 2.05) is 6.92 Å². The molecule has 3 aromatic rings. The number of nitrogens with one attached hydrogen (secondary N) is 2. The van der Waals surface area contributed by atoms with E-state index in [0.717, 1.165) is 10.0 Å². The lowest BCUT2D eigenvalue weighted by Gasteiger charge is -2.09. The molecule has 0 atom stereocenters. The molecule has 0 unspecified atom stereocenters. The Balaban J connectivity index is 2.14. The summed E-state index contributed by atoms with van der Waals surface area (Å²) in [7, 11) is 0. The summed E-state index contributed by atoms with van der Waals surface area (Å²) in [6.45, 7) is 1.81. The summed E-state index contributed by atoms with van der Waals surface area (Å²) in [6, 6.07) is 8.56. The first-order chi connectivity index (χ1) is 9.95. The molecule has 1 aromatic heterocycles. The number of rotatable bonds is 2. The third-order valence-electron chi connectivity index (χ3n) is 3.44. The molecule has 2 aromatic carbocycles. The van der Waals surface area contributed by atoms with Crippen LogP contribution >= 0.6 is 15.9 Å². The minimum Gasteiger partial charge on any atom is -0.398 e. The second kappa shape index (κ2) is 4.89. The number of imidazole rings is 1. The van der Waals surface area contributed by atoms with E-state index in [1.165, 1.54) is 0 Å². The predicted molar refractivity (Wildman–Crippen MR) is 85.6 cm³/mol. The molecule has 0 bridgehead atoms. The number of ketones is 1. The Morgan fingerprint density at radius 1 is 1.14 bits per heavy atom. The van der Waals surface area contributed by atoms with Gasteiger partial charge in [0.05, 0.1) is 11.0 Å². The summed E-state index contributed by atoms with van der Waals surface area (Å²) in [6.07, 6.45) is 0. The van der Waals surface area contributed by atoms with Gasteiger partial charge >= 0.3 is 5.69 Å². The van der Waals surface area contributed by atoms with Crippen molar-refractivity contribution in [2.75, 3.05) is 5.73 Å². The Morgan fingerprint density at radius 3 is 2.62 bits per heavy atom. The molecule has 4 N–H and O–H groups in total. The quantitative estimate of drug-likeness (QED) is 0.492. The number of carbonyl (C=O) groups is 1. The number of nitrogens with two attached hydrogens (primary N) is 1. The van der Waals surface area contributed by atoms with Crippen LogP contribution in [0, 0.1) is 6.92 Å². The van der Waals surface area contributed by atoms with Crippen molar-refractivity contribution in [2.24, 2.45) is 0 Å². The van der Waals surface area contributed by atoms with Crippen LogP contribution in [0.2, 0.25) is 0 Å². The molecule has 0 saturated carbocycles. The van der Waals surface area contributed by atoms with Crippen LogP contribution in [0.1, 0.15) is 21.5 Å². The van der Waals surface area contributed by atoms with Gasteiger partial charge in [0.15, 0.2) is 5.78 Å². The lowest BCUT2D eigenvalue weighted by atomic mass is 9.98. The van der Waals surface area contributed by atoms with E-state index in [9.17, 15) is 9.59 Å². The van der Waals surface area contributed by atoms with Gasteiger partial charge in [0.25, 0.3) is 0 Å². The molecule has 0 saturated heterocycles. The average molecular weight is 346 g/mol. The van der Waals surface area contributed by atoms with Crippen LogP contribution < -0.4 is 11.4 Å². The van der Waals surface area contributed by atoms with E-state index in [1.54, 1.807) is 30.3 Å². The molecule has 0 aliphatic rings. The third-order valence-corrected chi connectivity index (χ3v) is 3.89. The normalized spacial score (nSPS) is 11.0. The maximum absolute atomic E-state index is 12.6. The first-order valence-corrected chi connectivity index (χ1v) is 7.07. The molecule has 1 heterocycles. The van der Waals surface area contributed by atoms with Crippen molar-refractivity contribution in [3.8, 4) is 0 Å². The van der Waals surface area contributed by atoms with Crippen LogP contribution in [-0.4, -0.2) is 15.8 Å². The standard InChI is InChI=1S/C15H12BrN3O2/c1-7-10(5-9(16)6-11(7)17)14(20)8-2-3-12-13(4-8)19-15(21)18-12/h2-6H,17H2,1H3,(H2,18,19,21). The molecular weight excluding hydrogens is 334 g/mol. The fourth-order valence-electron chi connectivity index (χ4n) is 2.27. The Hall–Kier alpha value is -2.34. The van der Waals surface area contributed by atoms with Gasteiger partial charge in [-0.1, -0.05) is 15.9 Å². The van der Waals surface area contributed by atoms with E-state index >= 15 is 0 Å². The number of halogens is 1. The van der Waals surface area contributed by atoms with Crippen LogP contribution in [0.4, 0.5) is 5.69 Å². The maximum Gasteiger partial charge on any atom is 0.323 e. The molecular formula is C15H12BrN3O2. The van der Waals surface area contributed by atoms with Gasteiger partial charge < -0.3 is 15.7 Å².